The van der Waals surface area contributed by atoms with Crippen LogP contribution in [0, 0.1) is 5.92 Å². The Balaban J connectivity index is 1.70. The molecule has 1 aromatic heterocycles. The fourth-order valence-corrected chi connectivity index (χ4v) is 2.70. The maximum absolute atomic E-state index is 12.4. The lowest BCUT2D eigenvalue weighted by Gasteiger charge is -2.21. The maximum Gasteiger partial charge on any atom is 0.435 e. The van der Waals surface area contributed by atoms with Gasteiger partial charge in [-0.1, -0.05) is 32.1 Å². The molecule has 1 N–H and O–H groups in total. The van der Waals surface area contributed by atoms with Gasteiger partial charge < -0.3 is 5.32 Å². The molecule has 118 valence electrons. The summed E-state index contributed by atoms with van der Waals surface area (Å²) in [6.45, 7) is 0.400. The minimum absolute atomic E-state index is 0.180. The van der Waals surface area contributed by atoms with Gasteiger partial charge in [0.1, 0.15) is 6.54 Å². The highest BCUT2D eigenvalue weighted by molar-refractivity contribution is 5.75. The van der Waals surface area contributed by atoms with E-state index in [0.717, 1.165) is 17.2 Å². The predicted molar refractivity (Wildman–Crippen MR) is 71.4 cm³/mol. The van der Waals surface area contributed by atoms with E-state index in [0.29, 0.717) is 12.5 Å². The normalized spacial score (nSPS) is 16.9. The van der Waals surface area contributed by atoms with E-state index >= 15 is 0 Å². The highest BCUT2D eigenvalue weighted by Crippen LogP contribution is 2.27. The summed E-state index contributed by atoms with van der Waals surface area (Å²) in [7, 11) is 0. The molecule has 4 nitrogen and oxygen atoms in total. The minimum atomic E-state index is -4.47. The van der Waals surface area contributed by atoms with Crippen molar-refractivity contribution in [1.29, 1.82) is 0 Å². The Morgan fingerprint density at radius 1 is 1.33 bits per heavy atom. The fourth-order valence-electron chi connectivity index (χ4n) is 2.70. The van der Waals surface area contributed by atoms with Crippen molar-refractivity contribution in [2.45, 2.75) is 51.2 Å². The van der Waals surface area contributed by atoms with Gasteiger partial charge in [0.15, 0.2) is 5.69 Å². The van der Waals surface area contributed by atoms with Crippen LogP contribution in [0.2, 0.25) is 0 Å². The van der Waals surface area contributed by atoms with E-state index in [4.69, 9.17) is 0 Å². The Morgan fingerprint density at radius 2 is 2.05 bits per heavy atom. The van der Waals surface area contributed by atoms with Gasteiger partial charge in [0.2, 0.25) is 5.91 Å². The zero-order valence-electron chi connectivity index (χ0n) is 11.8. The largest absolute Gasteiger partial charge is 0.435 e. The molecule has 7 heteroatoms. The molecule has 0 atom stereocenters. The molecular formula is C14H20F3N3O. The van der Waals surface area contributed by atoms with Crippen molar-refractivity contribution >= 4 is 5.91 Å². The first-order valence-electron chi connectivity index (χ1n) is 7.32. The number of halogens is 3. The van der Waals surface area contributed by atoms with E-state index in [-0.39, 0.29) is 12.5 Å². The molecule has 0 saturated heterocycles. The van der Waals surface area contributed by atoms with Gasteiger partial charge in [0.05, 0.1) is 0 Å². The topological polar surface area (TPSA) is 46.9 Å². The maximum atomic E-state index is 12.4. The van der Waals surface area contributed by atoms with Crippen LogP contribution < -0.4 is 5.32 Å². The second-order valence-electron chi connectivity index (χ2n) is 5.54. The number of aromatic nitrogens is 2. The standard InChI is InChI=1S/C14H20F3N3O/c15-14(16,17)12-7-9-20(19-12)10-13(21)18-8-6-11-4-2-1-3-5-11/h7,9,11H,1-6,8,10H2,(H,18,21). The zero-order chi connectivity index (χ0) is 15.3. The van der Waals surface area contributed by atoms with Gasteiger partial charge in [-0.15, -0.1) is 0 Å². The molecule has 2 rings (SSSR count). The molecular weight excluding hydrogens is 283 g/mol. The molecule has 1 amide bonds. The summed E-state index contributed by atoms with van der Waals surface area (Å²) in [6, 6.07) is 0.870. The van der Waals surface area contributed by atoms with Crippen LogP contribution in [0.3, 0.4) is 0 Å². The summed E-state index contributed by atoms with van der Waals surface area (Å²) >= 11 is 0. The second kappa shape index (κ2) is 6.95. The van der Waals surface area contributed by atoms with Crippen LogP contribution in [0.4, 0.5) is 13.2 Å². The van der Waals surface area contributed by atoms with Crippen LogP contribution in [0.5, 0.6) is 0 Å². The smallest absolute Gasteiger partial charge is 0.354 e. The van der Waals surface area contributed by atoms with Gasteiger partial charge in [0.25, 0.3) is 0 Å². The molecule has 0 bridgehead atoms. The van der Waals surface area contributed by atoms with Crippen LogP contribution in [-0.2, 0) is 17.5 Å². The van der Waals surface area contributed by atoms with Crippen molar-refractivity contribution in [3.63, 3.8) is 0 Å². The molecule has 21 heavy (non-hydrogen) atoms. The number of rotatable bonds is 5. The van der Waals surface area contributed by atoms with Gasteiger partial charge >= 0.3 is 6.18 Å². The third-order valence-corrected chi connectivity index (χ3v) is 3.84. The van der Waals surface area contributed by atoms with Crippen LogP contribution in [0.15, 0.2) is 12.3 Å². The zero-order valence-corrected chi connectivity index (χ0v) is 11.8. The first-order chi connectivity index (χ1) is 9.95. The lowest BCUT2D eigenvalue weighted by Crippen LogP contribution is -2.30. The van der Waals surface area contributed by atoms with Crippen molar-refractivity contribution in [3.8, 4) is 0 Å². The minimum Gasteiger partial charge on any atom is -0.354 e. The van der Waals surface area contributed by atoms with Crippen molar-refractivity contribution < 1.29 is 18.0 Å². The monoisotopic (exact) mass is 303 g/mol. The number of alkyl halides is 3. The Bertz CT molecular complexity index is 464. The molecule has 1 saturated carbocycles. The molecule has 0 aliphatic heterocycles. The van der Waals surface area contributed by atoms with E-state index < -0.39 is 11.9 Å². The SMILES string of the molecule is O=C(Cn1ccc(C(F)(F)F)n1)NCCC1CCCCC1. The predicted octanol–water partition coefficient (Wildman–Crippen LogP) is 2.99. The highest BCUT2D eigenvalue weighted by atomic mass is 19.4. The van der Waals surface area contributed by atoms with Crippen molar-refractivity contribution in [1.82, 2.24) is 15.1 Å². The number of amides is 1. The number of carbonyl (C=O) groups excluding carboxylic acids is 1. The Morgan fingerprint density at radius 3 is 2.67 bits per heavy atom. The Hall–Kier alpha value is -1.53. The van der Waals surface area contributed by atoms with E-state index in [1.165, 1.54) is 38.3 Å². The lowest BCUT2D eigenvalue weighted by atomic mass is 9.87. The third kappa shape index (κ3) is 5.06. The summed E-state index contributed by atoms with van der Waals surface area (Å²) in [5, 5.41) is 6.10. The summed E-state index contributed by atoms with van der Waals surface area (Å²) in [5.41, 5.74) is -0.975. The van der Waals surface area contributed by atoms with Crippen molar-refractivity contribution in [3.05, 3.63) is 18.0 Å². The molecule has 1 heterocycles. The van der Waals surface area contributed by atoms with Gasteiger partial charge in [-0.3, -0.25) is 9.48 Å². The summed E-state index contributed by atoms with van der Waals surface area (Å²) in [5.74, 6) is 0.364. The number of nitrogens with zero attached hydrogens (tertiary/aromatic N) is 2. The molecule has 0 unspecified atom stereocenters. The Kier molecular flexibility index (Phi) is 5.25. The number of hydrogen-bond acceptors (Lipinski definition) is 2. The fraction of sp³-hybridized carbons (Fsp3) is 0.714. The van der Waals surface area contributed by atoms with E-state index in [1.54, 1.807) is 0 Å². The van der Waals surface area contributed by atoms with E-state index in [2.05, 4.69) is 10.4 Å². The summed E-state index contributed by atoms with van der Waals surface area (Å²) in [6.07, 6.45) is 3.88. The first kappa shape index (κ1) is 15.9. The van der Waals surface area contributed by atoms with E-state index in [9.17, 15) is 18.0 Å². The highest BCUT2D eigenvalue weighted by Gasteiger charge is 2.33. The molecule has 1 fully saturated rings. The summed E-state index contributed by atoms with van der Waals surface area (Å²) in [4.78, 5) is 11.7. The van der Waals surface area contributed by atoms with Crippen LogP contribution in [0.1, 0.15) is 44.2 Å². The van der Waals surface area contributed by atoms with Crippen LogP contribution in [0.25, 0.3) is 0 Å². The van der Waals surface area contributed by atoms with Gasteiger partial charge in [-0.25, -0.2) is 0 Å². The van der Waals surface area contributed by atoms with Gasteiger partial charge in [0, 0.05) is 12.7 Å². The van der Waals surface area contributed by atoms with Crippen molar-refractivity contribution in [2.75, 3.05) is 6.54 Å². The molecule has 1 aliphatic carbocycles. The lowest BCUT2D eigenvalue weighted by molar-refractivity contribution is -0.141. The van der Waals surface area contributed by atoms with Crippen LogP contribution >= 0.6 is 0 Å². The quantitative estimate of drug-likeness (QED) is 0.909. The number of nitrogens with one attached hydrogen (secondary N) is 1. The van der Waals surface area contributed by atoms with Gasteiger partial charge in [-0.05, 0) is 18.4 Å². The molecule has 1 aromatic rings. The van der Waals surface area contributed by atoms with Crippen LogP contribution in [-0.4, -0.2) is 22.2 Å². The second-order valence-corrected chi connectivity index (χ2v) is 5.54. The van der Waals surface area contributed by atoms with Crippen molar-refractivity contribution in [2.24, 2.45) is 5.92 Å². The third-order valence-electron chi connectivity index (χ3n) is 3.84. The molecule has 0 aromatic carbocycles. The molecule has 1 aliphatic rings. The summed E-state index contributed by atoms with van der Waals surface area (Å²) < 4.78 is 38.1. The first-order valence-corrected chi connectivity index (χ1v) is 7.32. The number of carbonyl (C=O) groups is 1. The number of hydrogen-bond donors (Lipinski definition) is 1. The molecule has 0 spiro atoms. The Labute approximate surface area is 121 Å². The average Bonchev–Trinajstić information content (AvgIpc) is 2.88. The van der Waals surface area contributed by atoms with Gasteiger partial charge in [-0.2, -0.15) is 18.3 Å². The average molecular weight is 303 g/mol. The molecule has 0 radical (unpaired) electrons. The van der Waals surface area contributed by atoms with E-state index in [1.807, 2.05) is 0 Å².